The number of piperidine rings is 1. The van der Waals surface area contributed by atoms with Crippen molar-refractivity contribution in [3.63, 3.8) is 0 Å². The van der Waals surface area contributed by atoms with Crippen LogP contribution in [0.5, 0.6) is 0 Å². The van der Waals surface area contributed by atoms with Crippen LogP contribution in [0.2, 0.25) is 10.0 Å². The lowest BCUT2D eigenvalue weighted by atomic mass is 10.0. The molecule has 1 aliphatic heterocycles. The lowest BCUT2D eigenvalue weighted by molar-refractivity contribution is 0.442. The van der Waals surface area contributed by atoms with Gasteiger partial charge in [-0.05, 0) is 32.0 Å². The van der Waals surface area contributed by atoms with E-state index in [1.165, 1.54) is 12.1 Å². The topological polar surface area (TPSA) is 15.3 Å². The van der Waals surface area contributed by atoms with Gasteiger partial charge in [-0.25, -0.2) is 4.39 Å². The summed E-state index contributed by atoms with van der Waals surface area (Å²) < 4.78 is 13.1. The van der Waals surface area contributed by atoms with Crippen LogP contribution < -0.4 is 10.2 Å². The maximum atomic E-state index is 13.1. The molecule has 0 amide bonds. The van der Waals surface area contributed by atoms with Gasteiger partial charge in [0.25, 0.3) is 0 Å². The standard InChI is InChI=1S/C12H15Cl2FN2/c1-16-9-2-4-17(5-3-9)12-10(13)6-8(15)7-11(12)14/h6-7,9,16H,2-5H2,1H3. The Labute approximate surface area is 111 Å². The Morgan fingerprint density at radius 3 is 2.24 bits per heavy atom. The Bertz CT molecular complexity index is 380. The molecule has 1 aromatic rings. The minimum Gasteiger partial charge on any atom is -0.369 e. The number of rotatable bonds is 2. The van der Waals surface area contributed by atoms with E-state index in [4.69, 9.17) is 23.2 Å². The van der Waals surface area contributed by atoms with Gasteiger partial charge in [-0.15, -0.1) is 0 Å². The summed E-state index contributed by atoms with van der Waals surface area (Å²) in [7, 11) is 1.97. The highest BCUT2D eigenvalue weighted by Gasteiger charge is 2.22. The number of benzene rings is 1. The van der Waals surface area contributed by atoms with Crippen LogP contribution >= 0.6 is 23.2 Å². The second-order valence-electron chi connectivity index (χ2n) is 4.27. The molecule has 0 radical (unpaired) electrons. The van der Waals surface area contributed by atoms with Crippen LogP contribution in [0.3, 0.4) is 0 Å². The van der Waals surface area contributed by atoms with Crippen LogP contribution in [0.25, 0.3) is 0 Å². The van der Waals surface area contributed by atoms with E-state index in [2.05, 4.69) is 10.2 Å². The van der Waals surface area contributed by atoms with E-state index in [1.807, 2.05) is 7.05 Å². The van der Waals surface area contributed by atoms with Crippen molar-refractivity contribution >= 4 is 28.9 Å². The number of nitrogens with one attached hydrogen (secondary N) is 1. The summed E-state index contributed by atoms with van der Waals surface area (Å²) in [5.41, 5.74) is 0.754. The van der Waals surface area contributed by atoms with Gasteiger partial charge in [0.05, 0.1) is 15.7 Å². The Morgan fingerprint density at radius 2 is 1.76 bits per heavy atom. The summed E-state index contributed by atoms with van der Waals surface area (Å²) >= 11 is 12.1. The van der Waals surface area contributed by atoms with Gasteiger partial charge in [0.1, 0.15) is 5.82 Å². The first-order valence-electron chi connectivity index (χ1n) is 5.68. The van der Waals surface area contributed by atoms with Gasteiger partial charge in [0, 0.05) is 19.1 Å². The van der Waals surface area contributed by atoms with Gasteiger partial charge < -0.3 is 10.2 Å². The minimum absolute atomic E-state index is 0.387. The summed E-state index contributed by atoms with van der Waals surface area (Å²) in [6, 6.07) is 3.17. The molecule has 0 aromatic heterocycles. The van der Waals surface area contributed by atoms with E-state index in [1.54, 1.807) is 0 Å². The highest BCUT2D eigenvalue weighted by Crippen LogP contribution is 2.36. The van der Waals surface area contributed by atoms with Crippen LogP contribution in [0.1, 0.15) is 12.8 Å². The average Bonchev–Trinajstić information content (AvgIpc) is 2.28. The van der Waals surface area contributed by atoms with Crippen LogP contribution in [-0.2, 0) is 0 Å². The van der Waals surface area contributed by atoms with Gasteiger partial charge in [-0.3, -0.25) is 0 Å². The zero-order valence-corrected chi connectivity index (χ0v) is 11.2. The summed E-state index contributed by atoms with van der Waals surface area (Å²) in [4.78, 5) is 2.12. The van der Waals surface area contributed by atoms with Crippen molar-refractivity contribution in [2.45, 2.75) is 18.9 Å². The second-order valence-corrected chi connectivity index (χ2v) is 5.08. The van der Waals surface area contributed by atoms with Gasteiger partial charge in [-0.1, -0.05) is 23.2 Å². The van der Waals surface area contributed by atoms with Crippen molar-refractivity contribution in [3.05, 3.63) is 28.0 Å². The first-order chi connectivity index (χ1) is 8.11. The minimum atomic E-state index is -0.395. The quantitative estimate of drug-likeness (QED) is 0.892. The molecule has 0 atom stereocenters. The predicted molar refractivity (Wildman–Crippen MR) is 70.7 cm³/mol. The summed E-state index contributed by atoms with van der Waals surface area (Å²) in [5, 5.41) is 4.04. The normalized spacial score (nSPS) is 17.5. The molecule has 2 nitrogen and oxygen atoms in total. The first-order valence-corrected chi connectivity index (χ1v) is 6.44. The number of halogens is 3. The van der Waals surface area contributed by atoms with E-state index in [0.717, 1.165) is 31.6 Å². The first kappa shape index (κ1) is 12.9. The summed E-state index contributed by atoms with van der Waals surface area (Å²) in [5.74, 6) is -0.395. The van der Waals surface area contributed by atoms with Crippen molar-refractivity contribution in [3.8, 4) is 0 Å². The third-order valence-corrected chi connectivity index (χ3v) is 3.78. The molecular formula is C12H15Cl2FN2. The molecule has 0 bridgehead atoms. The molecule has 5 heteroatoms. The molecule has 1 saturated heterocycles. The molecule has 0 unspecified atom stereocenters. The molecule has 1 aliphatic rings. The van der Waals surface area contributed by atoms with Crippen molar-refractivity contribution in [2.24, 2.45) is 0 Å². The fraction of sp³-hybridized carbons (Fsp3) is 0.500. The van der Waals surface area contributed by atoms with Crippen LogP contribution in [0.15, 0.2) is 12.1 Å². The highest BCUT2D eigenvalue weighted by molar-refractivity contribution is 6.39. The van der Waals surface area contributed by atoms with E-state index < -0.39 is 5.82 Å². The van der Waals surface area contributed by atoms with Crippen LogP contribution in [0, 0.1) is 5.82 Å². The van der Waals surface area contributed by atoms with E-state index in [-0.39, 0.29) is 0 Å². The van der Waals surface area contributed by atoms with Crippen molar-refractivity contribution in [2.75, 3.05) is 25.0 Å². The van der Waals surface area contributed by atoms with Gasteiger partial charge >= 0.3 is 0 Å². The molecule has 0 aliphatic carbocycles. The lowest BCUT2D eigenvalue weighted by Crippen LogP contribution is -2.41. The zero-order valence-electron chi connectivity index (χ0n) is 9.64. The third-order valence-electron chi connectivity index (χ3n) is 3.20. The number of hydrogen-bond acceptors (Lipinski definition) is 2. The van der Waals surface area contributed by atoms with Crippen LogP contribution in [-0.4, -0.2) is 26.2 Å². The predicted octanol–water partition coefficient (Wildman–Crippen LogP) is 3.32. The Hall–Kier alpha value is -0.510. The summed E-state index contributed by atoms with van der Waals surface area (Å²) in [6.45, 7) is 1.77. The van der Waals surface area contributed by atoms with E-state index in [0.29, 0.717) is 16.1 Å². The largest absolute Gasteiger partial charge is 0.369 e. The van der Waals surface area contributed by atoms with Crippen molar-refractivity contribution in [1.82, 2.24) is 5.32 Å². The molecule has 94 valence electrons. The van der Waals surface area contributed by atoms with Gasteiger partial charge in [0.2, 0.25) is 0 Å². The smallest absolute Gasteiger partial charge is 0.126 e. The van der Waals surface area contributed by atoms with Crippen LogP contribution in [0.4, 0.5) is 10.1 Å². The number of nitrogens with zero attached hydrogens (tertiary/aromatic N) is 1. The SMILES string of the molecule is CNC1CCN(c2c(Cl)cc(F)cc2Cl)CC1. The summed E-state index contributed by atoms with van der Waals surface area (Å²) in [6.07, 6.45) is 2.08. The molecule has 1 aromatic carbocycles. The Morgan fingerprint density at radius 1 is 1.24 bits per heavy atom. The average molecular weight is 277 g/mol. The molecule has 0 spiro atoms. The Balaban J connectivity index is 2.18. The van der Waals surface area contributed by atoms with Crippen molar-refractivity contribution in [1.29, 1.82) is 0 Å². The fourth-order valence-corrected chi connectivity index (χ4v) is 2.93. The molecule has 1 N–H and O–H groups in total. The molecule has 1 fully saturated rings. The lowest BCUT2D eigenvalue weighted by Gasteiger charge is -2.34. The van der Waals surface area contributed by atoms with Gasteiger partial charge in [0.15, 0.2) is 0 Å². The maximum Gasteiger partial charge on any atom is 0.126 e. The van der Waals surface area contributed by atoms with Gasteiger partial charge in [-0.2, -0.15) is 0 Å². The van der Waals surface area contributed by atoms with E-state index >= 15 is 0 Å². The van der Waals surface area contributed by atoms with Crippen molar-refractivity contribution < 1.29 is 4.39 Å². The zero-order chi connectivity index (χ0) is 12.4. The van der Waals surface area contributed by atoms with E-state index in [9.17, 15) is 4.39 Å². The second kappa shape index (κ2) is 5.42. The molecule has 1 heterocycles. The molecule has 2 rings (SSSR count). The monoisotopic (exact) mass is 276 g/mol. The fourth-order valence-electron chi connectivity index (χ4n) is 2.23. The molecule has 17 heavy (non-hydrogen) atoms. The molecule has 0 saturated carbocycles. The Kier molecular flexibility index (Phi) is 4.13. The molecular weight excluding hydrogens is 262 g/mol. The maximum absolute atomic E-state index is 13.1. The number of hydrogen-bond donors (Lipinski definition) is 1. The number of anilines is 1. The highest BCUT2D eigenvalue weighted by atomic mass is 35.5. The third kappa shape index (κ3) is 2.84.